The lowest BCUT2D eigenvalue weighted by Gasteiger charge is -2.21. The lowest BCUT2D eigenvalue weighted by Crippen LogP contribution is -2.16. The maximum atomic E-state index is 10.7. The molecule has 0 fully saturated rings. The summed E-state index contributed by atoms with van der Waals surface area (Å²) in [6, 6.07) is 0. The van der Waals surface area contributed by atoms with Gasteiger partial charge in [0.05, 0.1) is 0 Å². The predicted octanol–water partition coefficient (Wildman–Crippen LogP) is 2.49. The maximum absolute atomic E-state index is 10.7. The van der Waals surface area contributed by atoms with Gasteiger partial charge in [0.25, 0.3) is 0 Å². The van der Waals surface area contributed by atoms with Crippen molar-refractivity contribution in [1.29, 1.82) is 0 Å². The zero-order chi connectivity index (χ0) is 8.32. The third-order valence-corrected chi connectivity index (χ3v) is 2.08. The molecule has 0 heterocycles. The quantitative estimate of drug-likeness (QED) is 0.553. The minimum Gasteiger partial charge on any atom is -0.302 e. The van der Waals surface area contributed by atoms with Gasteiger partial charge in [-0.05, 0) is 19.8 Å². The van der Waals surface area contributed by atoms with Crippen LogP contribution in [0, 0.1) is 5.41 Å². The van der Waals surface area contributed by atoms with E-state index in [0.29, 0.717) is 0 Å². The molecule has 0 aromatic heterocycles. The monoisotopic (exact) mass is 150 g/mol. The zero-order valence-electron chi connectivity index (χ0n) is 7.13. The summed E-state index contributed by atoms with van der Waals surface area (Å²) >= 11 is 0. The number of aldehydes is 1. The van der Waals surface area contributed by atoms with E-state index in [4.69, 9.17) is 0 Å². The average molecular weight is 150 g/mol. The third kappa shape index (κ3) is 1.79. The zero-order valence-corrected chi connectivity index (χ0v) is 7.13. The Hall–Kier alpha value is -0.850. The van der Waals surface area contributed by atoms with Crippen LogP contribution in [0.4, 0.5) is 0 Å². The van der Waals surface area contributed by atoms with Crippen molar-refractivity contribution >= 4 is 6.29 Å². The fourth-order valence-electron chi connectivity index (χ4n) is 1.30. The van der Waals surface area contributed by atoms with Crippen LogP contribution in [-0.4, -0.2) is 6.29 Å². The molecular formula is C10H14O. The second-order valence-electron chi connectivity index (χ2n) is 3.30. The minimum atomic E-state index is -0.236. The number of hydrogen-bond acceptors (Lipinski definition) is 1. The summed E-state index contributed by atoms with van der Waals surface area (Å²) < 4.78 is 0. The van der Waals surface area contributed by atoms with Gasteiger partial charge in [-0.1, -0.05) is 30.7 Å². The van der Waals surface area contributed by atoms with Crippen LogP contribution in [0.2, 0.25) is 0 Å². The van der Waals surface area contributed by atoms with Gasteiger partial charge < -0.3 is 4.79 Å². The fraction of sp³-hybridized carbons (Fsp3) is 0.500. The van der Waals surface area contributed by atoms with E-state index in [0.717, 1.165) is 19.1 Å². The van der Waals surface area contributed by atoms with E-state index >= 15 is 0 Å². The average Bonchev–Trinajstić information content (AvgIpc) is 2.05. The lowest BCUT2D eigenvalue weighted by molar-refractivity contribution is -0.113. The standard InChI is InChI=1S/C10H14O/c1-3-9-5-4-6-10(2,7-9)8-11/h4-5,7-8H,3,6H2,1-2H3. The van der Waals surface area contributed by atoms with Crippen molar-refractivity contribution in [1.82, 2.24) is 0 Å². The Morgan fingerprint density at radius 2 is 2.45 bits per heavy atom. The summed E-state index contributed by atoms with van der Waals surface area (Å²) in [6.07, 6.45) is 9.14. The summed E-state index contributed by atoms with van der Waals surface area (Å²) in [6.45, 7) is 4.08. The number of hydrogen-bond donors (Lipinski definition) is 0. The first-order valence-corrected chi connectivity index (χ1v) is 4.05. The fourth-order valence-corrected chi connectivity index (χ4v) is 1.30. The highest BCUT2D eigenvalue weighted by Crippen LogP contribution is 2.28. The Balaban J connectivity index is 2.83. The Morgan fingerprint density at radius 1 is 1.73 bits per heavy atom. The van der Waals surface area contributed by atoms with Crippen molar-refractivity contribution in [2.75, 3.05) is 0 Å². The van der Waals surface area contributed by atoms with Crippen molar-refractivity contribution in [2.24, 2.45) is 5.41 Å². The summed E-state index contributed by atoms with van der Waals surface area (Å²) in [4.78, 5) is 10.7. The first-order chi connectivity index (χ1) is 5.20. The van der Waals surface area contributed by atoms with Gasteiger partial charge in [0.1, 0.15) is 6.29 Å². The normalized spacial score (nSPS) is 29.8. The molecule has 1 nitrogen and oxygen atoms in total. The van der Waals surface area contributed by atoms with Gasteiger partial charge in [-0.3, -0.25) is 0 Å². The van der Waals surface area contributed by atoms with Crippen molar-refractivity contribution in [3.63, 3.8) is 0 Å². The summed E-state index contributed by atoms with van der Waals surface area (Å²) in [7, 11) is 0. The van der Waals surface area contributed by atoms with E-state index < -0.39 is 0 Å². The Bertz CT molecular complexity index is 213. The molecule has 0 spiro atoms. The minimum absolute atomic E-state index is 0.236. The lowest BCUT2D eigenvalue weighted by atomic mass is 9.82. The molecule has 0 radical (unpaired) electrons. The van der Waals surface area contributed by atoms with Gasteiger partial charge >= 0.3 is 0 Å². The predicted molar refractivity (Wildman–Crippen MR) is 46.3 cm³/mol. The molecular weight excluding hydrogens is 136 g/mol. The highest BCUT2D eigenvalue weighted by Gasteiger charge is 2.21. The molecule has 0 saturated carbocycles. The number of carbonyl (C=O) groups excluding carboxylic acids is 1. The molecule has 0 aromatic rings. The third-order valence-electron chi connectivity index (χ3n) is 2.08. The van der Waals surface area contributed by atoms with E-state index in [1.165, 1.54) is 5.57 Å². The first kappa shape index (κ1) is 8.25. The van der Waals surface area contributed by atoms with E-state index in [-0.39, 0.29) is 5.41 Å². The molecule has 11 heavy (non-hydrogen) atoms. The van der Waals surface area contributed by atoms with Crippen LogP contribution >= 0.6 is 0 Å². The van der Waals surface area contributed by atoms with Gasteiger partial charge in [-0.15, -0.1) is 0 Å². The molecule has 1 unspecified atom stereocenters. The number of rotatable bonds is 2. The molecule has 0 bridgehead atoms. The van der Waals surface area contributed by atoms with Crippen molar-refractivity contribution in [2.45, 2.75) is 26.7 Å². The first-order valence-electron chi connectivity index (χ1n) is 4.05. The molecule has 0 aromatic carbocycles. The highest BCUT2D eigenvalue weighted by molar-refractivity contribution is 5.64. The van der Waals surface area contributed by atoms with Crippen molar-refractivity contribution in [3.05, 3.63) is 23.8 Å². The van der Waals surface area contributed by atoms with Crippen LogP contribution in [0.5, 0.6) is 0 Å². The molecule has 1 heteroatoms. The second-order valence-corrected chi connectivity index (χ2v) is 3.30. The van der Waals surface area contributed by atoms with E-state index in [9.17, 15) is 4.79 Å². The van der Waals surface area contributed by atoms with Crippen molar-refractivity contribution in [3.8, 4) is 0 Å². The van der Waals surface area contributed by atoms with Gasteiger partial charge in [0, 0.05) is 5.41 Å². The van der Waals surface area contributed by atoms with Gasteiger partial charge in [0.15, 0.2) is 0 Å². The van der Waals surface area contributed by atoms with Crippen LogP contribution in [0.1, 0.15) is 26.7 Å². The smallest absolute Gasteiger partial charge is 0.129 e. The van der Waals surface area contributed by atoms with Crippen LogP contribution in [0.15, 0.2) is 23.8 Å². The van der Waals surface area contributed by atoms with Gasteiger partial charge in [-0.2, -0.15) is 0 Å². The molecule has 60 valence electrons. The molecule has 0 amide bonds. The molecule has 0 N–H and O–H groups in total. The molecule has 1 aliphatic rings. The Morgan fingerprint density at radius 3 is 3.00 bits per heavy atom. The molecule has 0 aliphatic heterocycles. The molecule has 0 saturated heterocycles. The van der Waals surface area contributed by atoms with Gasteiger partial charge in [-0.25, -0.2) is 0 Å². The van der Waals surface area contributed by atoms with E-state index in [1.54, 1.807) is 0 Å². The largest absolute Gasteiger partial charge is 0.302 e. The van der Waals surface area contributed by atoms with Gasteiger partial charge in [0.2, 0.25) is 0 Å². The van der Waals surface area contributed by atoms with Crippen LogP contribution < -0.4 is 0 Å². The van der Waals surface area contributed by atoms with E-state index in [2.05, 4.69) is 25.2 Å². The van der Waals surface area contributed by atoms with E-state index in [1.807, 2.05) is 6.92 Å². The Kier molecular flexibility index (Phi) is 2.28. The maximum Gasteiger partial charge on any atom is 0.129 e. The summed E-state index contributed by atoms with van der Waals surface area (Å²) in [5, 5.41) is 0. The van der Waals surface area contributed by atoms with Crippen molar-refractivity contribution < 1.29 is 4.79 Å². The Labute approximate surface area is 67.8 Å². The highest BCUT2D eigenvalue weighted by atomic mass is 16.1. The second kappa shape index (κ2) is 3.04. The van der Waals surface area contributed by atoms with Crippen LogP contribution in [0.3, 0.4) is 0 Å². The topological polar surface area (TPSA) is 17.1 Å². The SMILES string of the molecule is CCC1=CC(C)(C=O)CC=C1. The van der Waals surface area contributed by atoms with Crippen LogP contribution in [-0.2, 0) is 4.79 Å². The molecule has 1 aliphatic carbocycles. The molecule has 1 atom stereocenters. The summed E-state index contributed by atoms with van der Waals surface area (Å²) in [5.74, 6) is 0. The molecule has 1 rings (SSSR count). The van der Waals surface area contributed by atoms with Crippen LogP contribution in [0.25, 0.3) is 0 Å². The number of allylic oxidation sites excluding steroid dienone is 4. The number of carbonyl (C=O) groups is 1. The summed E-state index contributed by atoms with van der Waals surface area (Å²) in [5.41, 5.74) is 1.03.